The number of unbranched alkanes of at least 4 members (excludes halogenated alkanes) is 1. The second-order valence-electron chi connectivity index (χ2n) is 4.08. The van der Waals surface area contributed by atoms with Crippen LogP contribution in [0.25, 0.3) is 0 Å². The maximum atomic E-state index is 13.2. The van der Waals surface area contributed by atoms with Crippen LogP contribution in [0.4, 0.5) is 14.5 Å². The number of carbonyl (C=O) groups excluding carboxylic acids is 1. The molecule has 0 saturated carbocycles. The highest BCUT2D eigenvalue weighted by Crippen LogP contribution is 2.16. The first kappa shape index (κ1) is 15.4. The lowest BCUT2D eigenvalue weighted by Gasteiger charge is -2.07. The minimum Gasteiger partial charge on any atom is -0.394 e. The Kier molecular flexibility index (Phi) is 6.21. The van der Waals surface area contributed by atoms with Gasteiger partial charge in [0, 0.05) is 18.7 Å². The fraction of sp³-hybridized carbons (Fsp3) is 0.462. The Bertz CT molecular complexity index is 416. The molecular weight excluding hydrogens is 254 g/mol. The molecule has 0 atom stereocenters. The van der Waals surface area contributed by atoms with E-state index in [9.17, 15) is 13.6 Å². The summed E-state index contributed by atoms with van der Waals surface area (Å²) in [5.74, 6) is -2.44. The number of nitrogens with one attached hydrogen (secondary N) is 1. The van der Waals surface area contributed by atoms with E-state index in [0.29, 0.717) is 13.2 Å². The molecule has 4 nitrogen and oxygen atoms in total. The van der Waals surface area contributed by atoms with Gasteiger partial charge in [0.2, 0.25) is 0 Å². The Morgan fingerprint density at radius 2 is 1.95 bits per heavy atom. The number of carbonyl (C=O) groups is 1. The number of amides is 1. The summed E-state index contributed by atoms with van der Waals surface area (Å²) in [5.41, 5.74) is 4.43. The normalized spacial score (nSPS) is 10.5. The van der Waals surface area contributed by atoms with Gasteiger partial charge < -0.3 is 15.8 Å². The van der Waals surface area contributed by atoms with Crippen molar-refractivity contribution in [3.05, 3.63) is 29.3 Å². The molecule has 6 heteroatoms. The Labute approximate surface area is 110 Å². The molecule has 3 N–H and O–H groups in total. The van der Waals surface area contributed by atoms with Crippen LogP contribution in [0, 0.1) is 11.6 Å². The molecule has 0 aromatic heterocycles. The van der Waals surface area contributed by atoms with Gasteiger partial charge in [0.05, 0.1) is 6.61 Å². The van der Waals surface area contributed by atoms with Crippen LogP contribution >= 0.6 is 0 Å². The molecule has 0 aliphatic heterocycles. The van der Waals surface area contributed by atoms with Crippen molar-refractivity contribution in [2.24, 2.45) is 0 Å². The lowest BCUT2D eigenvalue weighted by Crippen LogP contribution is -2.27. The average Bonchev–Trinajstić information content (AvgIpc) is 2.39. The number of benzene rings is 1. The maximum Gasteiger partial charge on any atom is 0.251 e. The van der Waals surface area contributed by atoms with Crippen LogP contribution in [0.5, 0.6) is 0 Å². The number of halogens is 2. The quantitative estimate of drug-likeness (QED) is 0.590. The third kappa shape index (κ3) is 4.82. The van der Waals surface area contributed by atoms with E-state index in [0.717, 1.165) is 25.0 Å². The topological polar surface area (TPSA) is 64.3 Å². The van der Waals surface area contributed by atoms with Gasteiger partial charge >= 0.3 is 0 Å². The minimum absolute atomic E-state index is 0.0993. The molecule has 0 bridgehead atoms. The van der Waals surface area contributed by atoms with Gasteiger partial charge in [-0.05, 0) is 18.6 Å². The number of nitrogens with two attached hydrogens (primary N) is 1. The zero-order chi connectivity index (χ0) is 14.3. The lowest BCUT2D eigenvalue weighted by molar-refractivity contribution is 0.0912. The summed E-state index contributed by atoms with van der Waals surface area (Å²) in [6.07, 6.45) is 2.00. The molecule has 0 fully saturated rings. The van der Waals surface area contributed by atoms with E-state index in [1.807, 2.05) is 0 Å². The van der Waals surface area contributed by atoms with E-state index in [1.54, 1.807) is 0 Å². The standard InChI is InChI=1S/C13H18F2N2O2/c1-2-3-5-19-6-4-17-13(18)9-7-10(14)12(16)11(15)8-9/h7-8H,2-6,16H2,1H3,(H,17,18). The van der Waals surface area contributed by atoms with Gasteiger partial charge in [-0.3, -0.25) is 4.79 Å². The second-order valence-corrected chi connectivity index (χ2v) is 4.08. The van der Waals surface area contributed by atoms with Crippen LogP contribution in [0.2, 0.25) is 0 Å². The summed E-state index contributed by atoms with van der Waals surface area (Å²) in [7, 11) is 0. The molecule has 1 aromatic carbocycles. The third-order valence-corrected chi connectivity index (χ3v) is 2.52. The van der Waals surface area contributed by atoms with Crippen LogP contribution in [0.15, 0.2) is 12.1 Å². The summed E-state index contributed by atoms with van der Waals surface area (Å²) < 4.78 is 31.6. The summed E-state index contributed by atoms with van der Waals surface area (Å²) in [6.45, 7) is 3.34. The first-order valence-electron chi connectivity index (χ1n) is 6.16. The minimum atomic E-state index is -0.940. The third-order valence-electron chi connectivity index (χ3n) is 2.52. The van der Waals surface area contributed by atoms with Crippen molar-refractivity contribution in [3.63, 3.8) is 0 Å². The summed E-state index contributed by atoms with van der Waals surface area (Å²) in [6, 6.07) is 1.82. The number of hydrogen-bond donors (Lipinski definition) is 2. The monoisotopic (exact) mass is 272 g/mol. The van der Waals surface area contributed by atoms with Crippen molar-refractivity contribution in [1.82, 2.24) is 5.32 Å². The zero-order valence-corrected chi connectivity index (χ0v) is 10.8. The van der Waals surface area contributed by atoms with Crippen molar-refractivity contribution in [2.75, 3.05) is 25.5 Å². The first-order chi connectivity index (χ1) is 9.06. The molecular formula is C13H18F2N2O2. The predicted octanol–water partition coefficient (Wildman–Crippen LogP) is 2.09. The molecule has 1 aromatic rings. The first-order valence-corrected chi connectivity index (χ1v) is 6.16. The van der Waals surface area contributed by atoms with Crippen LogP contribution in [0.3, 0.4) is 0 Å². The number of anilines is 1. The van der Waals surface area contributed by atoms with Crippen molar-refractivity contribution < 1.29 is 18.3 Å². The van der Waals surface area contributed by atoms with Gasteiger partial charge in [0.15, 0.2) is 0 Å². The number of hydrogen-bond acceptors (Lipinski definition) is 3. The average molecular weight is 272 g/mol. The Morgan fingerprint density at radius 1 is 1.32 bits per heavy atom. The van der Waals surface area contributed by atoms with Crippen LogP contribution in [-0.4, -0.2) is 25.7 Å². The Hall–Kier alpha value is -1.69. The van der Waals surface area contributed by atoms with E-state index in [-0.39, 0.29) is 12.1 Å². The molecule has 0 spiro atoms. The molecule has 19 heavy (non-hydrogen) atoms. The molecule has 1 amide bonds. The van der Waals surface area contributed by atoms with Crippen molar-refractivity contribution >= 4 is 11.6 Å². The van der Waals surface area contributed by atoms with E-state index in [2.05, 4.69) is 12.2 Å². The van der Waals surface area contributed by atoms with E-state index >= 15 is 0 Å². The van der Waals surface area contributed by atoms with Crippen molar-refractivity contribution in [3.8, 4) is 0 Å². The number of rotatable bonds is 7. The van der Waals surface area contributed by atoms with Crippen LogP contribution in [-0.2, 0) is 4.74 Å². The highest BCUT2D eigenvalue weighted by Gasteiger charge is 2.12. The molecule has 0 saturated heterocycles. The highest BCUT2D eigenvalue weighted by atomic mass is 19.1. The summed E-state index contributed by atoms with van der Waals surface area (Å²) in [5, 5.41) is 2.51. The second kappa shape index (κ2) is 7.68. The smallest absolute Gasteiger partial charge is 0.251 e. The molecule has 106 valence electrons. The highest BCUT2D eigenvalue weighted by molar-refractivity contribution is 5.94. The zero-order valence-electron chi connectivity index (χ0n) is 10.8. The Morgan fingerprint density at radius 3 is 2.53 bits per heavy atom. The molecule has 0 aliphatic carbocycles. The van der Waals surface area contributed by atoms with Crippen molar-refractivity contribution in [1.29, 1.82) is 0 Å². The number of nitrogen functional groups attached to an aromatic ring is 1. The fourth-order valence-corrected chi connectivity index (χ4v) is 1.40. The van der Waals surface area contributed by atoms with E-state index in [1.165, 1.54) is 0 Å². The van der Waals surface area contributed by atoms with E-state index < -0.39 is 23.2 Å². The summed E-state index contributed by atoms with van der Waals surface area (Å²) >= 11 is 0. The van der Waals surface area contributed by atoms with Gasteiger partial charge in [-0.25, -0.2) is 8.78 Å². The van der Waals surface area contributed by atoms with E-state index in [4.69, 9.17) is 10.5 Å². The predicted molar refractivity (Wildman–Crippen MR) is 68.8 cm³/mol. The molecule has 0 radical (unpaired) electrons. The van der Waals surface area contributed by atoms with Crippen LogP contribution < -0.4 is 11.1 Å². The fourth-order valence-electron chi connectivity index (χ4n) is 1.40. The van der Waals surface area contributed by atoms with Gasteiger partial charge in [-0.15, -0.1) is 0 Å². The van der Waals surface area contributed by atoms with Gasteiger partial charge in [-0.1, -0.05) is 13.3 Å². The van der Waals surface area contributed by atoms with Gasteiger partial charge in [-0.2, -0.15) is 0 Å². The maximum absolute atomic E-state index is 13.2. The molecule has 1 rings (SSSR count). The van der Waals surface area contributed by atoms with Gasteiger partial charge in [0.25, 0.3) is 5.91 Å². The Balaban J connectivity index is 2.42. The number of ether oxygens (including phenoxy) is 1. The largest absolute Gasteiger partial charge is 0.394 e. The summed E-state index contributed by atoms with van der Waals surface area (Å²) in [4.78, 5) is 11.6. The lowest BCUT2D eigenvalue weighted by atomic mass is 10.1. The molecule has 0 unspecified atom stereocenters. The van der Waals surface area contributed by atoms with Crippen LogP contribution in [0.1, 0.15) is 30.1 Å². The van der Waals surface area contributed by atoms with Gasteiger partial charge in [0.1, 0.15) is 17.3 Å². The molecule has 0 heterocycles. The molecule has 0 aliphatic rings. The SMILES string of the molecule is CCCCOCCNC(=O)c1cc(F)c(N)c(F)c1. The van der Waals surface area contributed by atoms with Crippen molar-refractivity contribution in [2.45, 2.75) is 19.8 Å².